The maximum atomic E-state index is 14.5. The van der Waals surface area contributed by atoms with E-state index in [0.29, 0.717) is 35.2 Å². The predicted octanol–water partition coefficient (Wildman–Crippen LogP) is 4.23. The molecule has 45 heavy (non-hydrogen) atoms. The van der Waals surface area contributed by atoms with Gasteiger partial charge in [0.15, 0.2) is 5.78 Å². The lowest BCUT2D eigenvalue weighted by Crippen LogP contribution is -2.46. The molecule has 1 saturated heterocycles. The van der Waals surface area contributed by atoms with Crippen LogP contribution in [0.5, 0.6) is 0 Å². The Kier molecular flexibility index (Phi) is 8.19. The van der Waals surface area contributed by atoms with E-state index in [9.17, 15) is 28.0 Å². The summed E-state index contributed by atoms with van der Waals surface area (Å²) >= 11 is 5.82. The van der Waals surface area contributed by atoms with Crippen LogP contribution in [-0.4, -0.2) is 66.7 Å². The number of anilines is 1. The van der Waals surface area contributed by atoms with Gasteiger partial charge < -0.3 is 25.0 Å². The maximum Gasteiger partial charge on any atom is 0.322 e. The van der Waals surface area contributed by atoms with Crippen LogP contribution in [0.2, 0.25) is 5.02 Å². The highest BCUT2D eigenvalue weighted by molar-refractivity contribution is 6.30. The molecule has 2 aliphatic heterocycles. The van der Waals surface area contributed by atoms with Gasteiger partial charge in [0.05, 0.1) is 30.4 Å². The summed E-state index contributed by atoms with van der Waals surface area (Å²) in [6, 6.07) is 7.97. The van der Waals surface area contributed by atoms with Gasteiger partial charge in [-0.1, -0.05) is 23.7 Å². The highest BCUT2D eigenvalue weighted by Gasteiger charge is 2.40. The van der Waals surface area contributed by atoms with Crippen LogP contribution < -0.4 is 10.6 Å². The van der Waals surface area contributed by atoms with Crippen LogP contribution in [0, 0.1) is 5.82 Å². The van der Waals surface area contributed by atoms with Crippen LogP contribution in [0.15, 0.2) is 55.1 Å². The number of nitrogens with zero attached hydrogens (tertiary/aromatic N) is 5. The number of likely N-dealkylation sites (tertiary alicyclic amines) is 1. The second-order valence-electron chi connectivity index (χ2n) is 11.1. The summed E-state index contributed by atoms with van der Waals surface area (Å²) in [7, 11) is 0. The predicted molar refractivity (Wildman–Crippen MR) is 161 cm³/mol. The van der Waals surface area contributed by atoms with Crippen molar-refractivity contribution in [3.8, 4) is 0 Å². The monoisotopic (exact) mass is 635 g/mol. The Bertz CT molecular complexity index is 1820. The van der Waals surface area contributed by atoms with Crippen LogP contribution >= 0.6 is 11.6 Å². The van der Waals surface area contributed by atoms with Crippen molar-refractivity contribution in [3.63, 3.8) is 0 Å². The molecule has 0 bridgehead atoms. The molecule has 6 rings (SSSR count). The normalized spacial score (nSPS) is 17.4. The summed E-state index contributed by atoms with van der Waals surface area (Å²) in [6.07, 6.45) is 3.04. The summed E-state index contributed by atoms with van der Waals surface area (Å²) in [6.45, 7) is 1.39. The van der Waals surface area contributed by atoms with Crippen LogP contribution in [0.3, 0.4) is 0 Å². The van der Waals surface area contributed by atoms with E-state index in [0.717, 1.165) is 11.3 Å². The number of ketones is 1. The molecular weight excluding hydrogens is 608 g/mol. The van der Waals surface area contributed by atoms with Gasteiger partial charge >= 0.3 is 6.03 Å². The number of nitrogens with one attached hydrogen (secondary N) is 2. The van der Waals surface area contributed by atoms with Crippen molar-refractivity contribution in [2.45, 2.75) is 51.7 Å². The number of hydrogen-bond donors (Lipinski definition) is 2. The average molecular weight is 636 g/mol. The molecule has 0 aliphatic carbocycles. The molecule has 4 aromatic rings. The maximum absolute atomic E-state index is 14.5. The number of hydrogen-bond acceptors (Lipinski definition) is 6. The Morgan fingerprint density at radius 3 is 2.73 bits per heavy atom. The Morgan fingerprint density at radius 1 is 1.13 bits per heavy atom. The number of carbonyl (C=O) groups excluding carboxylic acids is 4. The fourth-order valence-electron chi connectivity index (χ4n) is 5.76. The first-order chi connectivity index (χ1) is 21.6. The summed E-state index contributed by atoms with van der Waals surface area (Å²) in [5.74, 6) is -2.05. The lowest BCUT2D eigenvalue weighted by molar-refractivity contribution is -0.139. The quantitative estimate of drug-likeness (QED) is 0.293. The molecule has 2 aliphatic rings. The fourth-order valence-corrected chi connectivity index (χ4v) is 5.96. The first-order valence-corrected chi connectivity index (χ1v) is 14.6. The average Bonchev–Trinajstić information content (AvgIpc) is 3.73. The molecule has 2 unspecified atom stereocenters. The van der Waals surface area contributed by atoms with E-state index < -0.39 is 29.8 Å². The number of amides is 4. The molecule has 2 N–H and O–H groups in total. The first kappa shape index (κ1) is 30.1. The second kappa shape index (κ2) is 12.2. The Labute approximate surface area is 261 Å². The van der Waals surface area contributed by atoms with Gasteiger partial charge in [0.25, 0.3) is 0 Å². The molecule has 0 radical (unpaired) electrons. The number of Topliss-reactive ketones (excluding diaryl/α,β-unsaturated/α-hetero) is 1. The zero-order valence-electron chi connectivity index (χ0n) is 24.1. The standard InChI is InChI=1S/C31H28ClF2N7O4/c1-17(42)23-13-39(26-6-5-21(8-22(23)26)38-31(45)40-11-19-9-35-16-37-25(19)14-40)15-28(43)41-12-20(33)7-27(41)30(44)36-10-18-3-2-4-24(32)29(18)34/h2-6,8-9,13,16,20,27H,7,10-12,14-15H2,1H3,(H,36,44)(H,38,45). The minimum Gasteiger partial charge on any atom is -0.350 e. The van der Waals surface area contributed by atoms with Gasteiger partial charge in [0, 0.05) is 58.6 Å². The van der Waals surface area contributed by atoms with Gasteiger partial charge in [-0.15, -0.1) is 0 Å². The van der Waals surface area contributed by atoms with Crippen LogP contribution in [-0.2, 0) is 35.8 Å². The first-order valence-electron chi connectivity index (χ1n) is 14.2. The summed E-state index contributed by atoms with van der Waals surface area (Å²) in [5.41, 5.74) is 3.14. The van der Waals surface area contributed by atoms with E-state index in [1.165, 1.54) is 36.5 Å². The Hall–Kier alpha value is -4.91. The SMILES string of the molecule is CC(=O)c1cn(CC(=O)N2CC(F)CC2C(=O)NCc2cccc(Cl)c2F)c2ccc(NC(=O)N3Cc4cncnc4C3)cc12. The summed E-state index contributed by atoms with van der Waals surface area (Å²) in [4.78, 5) is 62.9. The molecule has 2 aromatic heterocycles. The molecule has 1 fully saturated rings. The van der Waals surface area contributed by atoms with E-state index in [2.05, 4.69) is 20.6 Å². The van der Waals surface area contributed by atoms with Crippen LogP contribution in [0.1, 0.15) is 40.5 Å². The zero-order valence-corrected chi connectivity index (χ0v) is 24.9. The largest absolute Gasteiger partial charge is 0.350 e. The highest BCUT2D eigenvalue weighted by Crippen LogP contribution is 2.28. The third kappa shape index (κ3) is 6.07. The van der Waals surface area contributed by atoms with Crippen molar-refractivity contribution >= 4 is 51.8 Å². The van der Waals surface area contributed by atoms with Gasteiger partial charge in [-0.3, -0.25) is 14.4 Å². The molecule has 4 amide bonds. The van der Waals surface area contributed by atoms with Crippen molar-refractivity contribution in [2.24, 2.45) is 0 Å². The topological polar surface area (TPSA) is 130 Å². The third-order valence-electron chi connectivity index (χ3n) is 8.05. The van der Waals surface area contributed by atoms with Crippen LogP contribution in [0.4, 0.5) is 19.3 Å². The number of fused-ring (bicyclic) bond motifs is 2. The van der Waals surface area contributed by atoms with Gasteiger partial charge in [-0.2, -0.15) is 0 Å². The second-order valence-corrected chi connectivity index (χ2v) is 11.5. The molecule has 2 atom stereocenters. The van der Waals surface area contributed by atoms with E-state index in [1.807, 2.05) is 0 Å². The zero-order chi connectivity index (χ0) is 31.8. The van der Waals surface area contributed by atoms with Gasteiger partial charge in [0.2, 0.25) is 11.8 Å². The summed E-state index contributed by atoms with van der Waals surface area (Å²) in [5, 5.41) is 5.86. The number of carbonyl (C=O) groups is 4. The lowest BCUT2D eigenvalue weighted by atomic mass is 10.1. The molecular formula is C31H28ClF2N7O4. The molecule has 2 aromatic carbocycles. The van der Waals surface area contributed by atoms with Gasteiger partial charge in [0.1, 0.15) is 30.9 Å². The third-order valence-corrected chi connectivity index (χ3v) is 8.34. The number of halogens is 3. The van der Waals surface area contributed by atoms with Gasteiger partial charge in [-0.25, -0.2) is 23.5 Å². The Balaban J connectivity index is 1.16. The van der Waals surface area contributed by atoms with E-state index >= 15 is 0 Å². The van der Waals surface area contributed by atoms with Crippen molar-refractivity contribution < 1.29 is 28.0 Å². The molecule has 0 spiro atoms. The molecule has 0 saturated carbocycles. The highest BCUT2D eigenvalue weighted by atomic mass is 35.5. The Morgan fingerprint density at radius 2 is 1.96 bits per heavy atom. The van der Waals surface area contributed by atoms with E-state index in [4.69, 9.17) is 11.6 Å². The number of aromatic nitrogens is 3. The van der Waals surface area contributed by atoms with Crippen LogP contribution in [0.25, 0.3) is 10.9 Å². The summed E-state index contributed by atoms with van der Waals surface area (Å²) < 4.78 is 30.4. The molecule has 14 heteroatoms. The number of urea groups is 1. The van der Waals surface area contributed by atoms with Crippen molar-refractivity contribution in [2.75, 3.05) is 11.9 Å². The van der Waals surface area contributed by atoms with Crippen molar-refractivity contribution in [1.29, 1.82) is 0 Å². The number of benzene rings is 2. The minimum absolute atomic E-state index is 0.0884. The van der Waals surface area contributed by atoms with Crippen molar-refractivity contribution in [3.05, 3.63) is 88.3 Å². The molecule has 232 valence electrons. The van der Waals surface area contributed by atoms with E-state index in [1.54, 1.807) is 39.9 Å². The lowest BCUT2D eigenvalue weighted by Gasteiger charge is -2.24. The van der Waals surface area contributed by atoms with Crippen molar-refractivity contribution in [1.82, 2.24) is 29.7 Å². The fraction of sp³-hybridized carbons (Fsp3) is 0.290. The minimum atomic E-state index is -1.41. The smallest absolute Gasteiger partial charge is 0.322 e. The van der Waals surface area contributed by atoms with E-state index in [-0.39, 0.29) is 48.5 Å². The molecule has 11 nitrogen and oxygen atoms in total. The van der Waals surface area contributed by atoms with Gasteiger partial charge in [-0.05, 0) is 31.2 Å². The molecule has 4 heterocycles. The number of rotatable bonds is 7. The number of alkyl halides is 1.